The number of rotatable bonds is 5. The van der Waals surface area contributed by atoms with E-state index in [2.05, 4.69) is 14.9 Å². The van der Waals surface area contributed by atoms with Gasteiger partial charge in [-0.25, -0.2) is 4.79 Å². The van der Waals surface area contributed by atoms with Crippen molar-refractivity contribution in [1.29, 1.82) is 0 Å². The van der Waals surface area contributed by atoms with Gasteiger partial charge in [0.2, 0.25) is 0 Å². The standard InChI is InChI=1S/C11H15N3O5S/c1-11(2,3)8-7(20-14-13-8)9(17)12-5(10(18)19)4-6(15)16/h5H,4H2,1-3H3,(H,12,17)(H,15,16)(H,18,19)/t5-/m0/s1. The molecule has 1 atom stereocenters. The van der Waals surface area contributed by atoms with Crippen LogP contribution in [-0.2, 0) is 15.0 Å². The summed E-state index contributed by atoms with van der Waals surface area (Å²) in [5, 5.41) is 23.6. The number of aromatic nitrogens is 2. The van der Waals surface area contributed by atoms with Gasteiger partial charge in [0.25, 0.3) is 5.91 Å². The van der Waals surface area contributed by atoms with Gasteiger partial charge < -0.3 is 15.5 Å². The molecule has 1 amide bonds. The van der Waals surface area contributed by atoms with E-state index in [0.29, 0.717) is 5.69 Å². The van der Waals surface area contributed by atoms with E-state index in [1.165, 1.54) is 0 Å². The summed E-state index contributed by atoms with van der Waals surface area (Å²) in [5.41, 5.74) is 0.0185. The molecule has 0 aliphatic rings. The zero-order valence-corrected chi connectivity index (χ0v) is 12.0. The number of carbonyl (C=O) groups is 3. The average molecular weight is 301 g/mol. The summed E-state index contributed by atoms with van der Waals surface area (Å²) in [5.74, 6) is -3.40. The van der Waals surface area contributed by atoms with Crippen LogP contribution in [0.5, 0.6) is 0 Å². The van der Waals surface area contributed by atoms with E-state index in [1.807, 2.05) is 20.8 Å². The number of aliphatic carboxylic acids is 2. The Hall–Kier alpha value is -2.03. The van der Waals surface area contributed by atoms with E-state index >= 15 is 0 Å². The monoisotopic (exact) mass is 301 g/mol. The molecule has 1 rings (SSSR count). The van der Waals surface area contributed by atoms with Gasteiger partial charge >= 0.3 is 11.9 Å². The maximum atomic E-state index is 12.0. The number of nitrogens with zero attached hydrogens (tertiary/aromatic N) is 2. The molecule has 0 fully saturated rings. The number of carboxylic acids is 2. The highest BCUT2D eigenvalue weighted by molar-refractivity contribution is 7.08. The second kappa shape index (κ2) is 5.95. The van der Waals surface area contributed by atoms with Gasteiger partial charge in [0.1, 0.15) is 10.9 Å². The molecular formula is C11H15N3O5S. The molecule has 0 radical (unpaired) electrons. The summed E-state index contributed by atoms with van der Waals surface area (Å²) < 4.78 is 3.69. The Kier molecular flexibility index (Phi) is 4.77. The molecule has 0 saturated carbocycles. The van der Waals surface area contributed by atoms with Gasteiger partial charge in [-0.15, -0.1) is 5.10 Å². The minimum Gasteiger partial charge on any atom is -0.481 e. The third-order valence-electron chi connectivity index (χ3n) is 2.39. The lowest BCUT2D eigenvalue weighted by atomic mass is 9.91. The van der Waals surface area contributed by atoms with Crippen molar-refractivity contribution in [3.05, 3.63) is 10.6 Å². The summed E-state index contributed by atoms with van der Waals surface area (Å²) in [7, 11) is 0. The Bertz CT molecular complexity index is 534. The van der Waals surface area contributed by atoms with E-state index in [1.54, 1.807) is 0 Å². The molecule has 0 bridgehead atoms. The van der Waals surface area contributed by atoms with Crippen LogP contribution >= 0.6 is 11.5 Å². The van der Waals surface area contributed by atoms with Crippen molar-refractivity contribution in [2.24, 2.45) is 0 Å². The Morgan fingerprint density at radius 3 is 2.35 bits per heavy atom. The van der Waals surface area contributed by atoms with Crippen LogP contribution in [0.25, 0.3) is 0 Å². The van der Waals surface area contributed by atoms with E-state index < -0.39 is 35.7 Å². The normalized spacial score (nSPS) is 12.8. The van der Waals surface area contributed by atoms with Crippen LogP contribution in [0.4, 0.5) is 0 Å². The lowest BCUT2D eigenvalue weighted by Gasteiger charge is -2.17. The molecule has 20 heavy (non-hydrogen) atoms. The van der Waals surface area contributed by atoms with Crippen molar-refractivity contribution in [2.75, 3.05) is 0 Å². The van der Waals surface area contributed by atoms with Gasteiger partial charge in [0.15, 0.2) is 0 Å². The first-order chi connectivity index (χ1) is 9.12. The molecular weight excluding hydrogens is 286 g/mol. The SMILES string of the molecule is CC(C)(C)c1nnsc1C(=O)N[C@@H](CC(=O)O)C(=O)O. The Balaban J connectivity index is 2.93. The Morgan fingerprint density at radius 1 is 1.30 bits per heavy atom. The van der Waals surface area contributed by atoms with E-state index in [-0.39, 0.29) is 4.88 Å². The lowest BCUT2D eigenvalue weighted by Crippen LogP contribution is -2.42. The maximum absolute atomic E-state index is 12.0. The van der Waals surface area contributed by atoms with Crippen LogP contribution in [-0.4, -0.2) is 43.7 Å². The molecule has 1 aromatic rings. The highest BCUT2D eigenvalue weighted by Crippen LogP contribution is 2.25. The molecule has 8 nitrogen and oxygen atoms in total. The van der Waals surface area contributed by atoms with Gasteiger partial charge in [-0.3, -0.25) is 9.59 Å². The van der Waals surface area contributed by atoms with Gasteiger partial charge in [-0.05, 0) is 11.5 Å². The third kappa shape index (κ3) is 3.98. The van der Waals surface area contributed by atoms with Crippen molar-refractivity contribution in [2.45, 2.75) is 38.6 Å². The first-order valence-corrected chi connectivity index (χ1v) is 6.48. The van der Waals surface area contributed by atoms with Crippen LogP contribution in [0.1, 0.15) is 42.6 Å². The molecule has 0 spiro atoms. The average Bonchev–Trinajstić information content (AvgIpc) is 2.75. The zero-order valence-electron chi connectivity index (χ0n) is 11.2. The van der Waals surface area contributed by atoms with Crippen molar-refractivity contribution in [1.82, 2.24) is 14.9 Å². The van der Waals surface area contributed by atoms with E-state index in [9.17, 15) is 14.4 Å². The van der Waals surface area contributed by atoms with Crippen LogP contribution < -0.4 is 5.32 Å². The van der Waals surface area contributed by atoms with E-state index in [4.69, 9.17) is 10.2 Å². The summed E-state index contributed by atoms with van der Waals surface area (Å²) in [6.07, 6.45) is -0.696. The second-order valence-electron chi connectivity index (χ2n) is 5.16. The van der Waals surface area contributed by atoms with Crippen LogP contribution in [0.15, 0.2) is 0 Å². The molecule has 9 heteroatoms. The highest BCUT2D eigenvalue weighted by Gasteiger charge is 2.29. The van der Waals surface area contributed by atoms with Crippen molar-refractivity contribution < 1.29 is 24.6 Å². The van der Waals surface area contributed by atoms with Gasteiger partial charge in [0.05, 0.1) is 12.1 Å². The molecule has 110 valence electrons. The smallest absolute Gasteiger partial charge is 0.326 e. The molecule has 0 aliphatic carbocycles. The van der Waals surface area contributed by atoms with Gasteiger partial charge in [0, 0.05) is 5.41 Å². The number of hydrogen-bond acceptors (Lipinski definition) is 6. The molecule has 1 aromatic heterocycles. The predicted molar refractivity (Wildman–Crippen MR) is 69.8 cm³/mol. The zero-order chi connectivity index (χ0) is 15.5. The fraction of sp³-hybridized carbons (Fsp3) is 0.545. The topological polar surface area (TPSA) is 129 Å². The fourth-order valence-electron chi connectivity index (χ4n) is 1.43. The second-order valence-corrected chi connectivity index (χ2v) is 5.92. The quantitative estimate of drug-likeness (QED) is 0.721. The number of nitrogens with one attached hydrogen (secondary N) is 1. The van der Waals surface area contributed by atoms with Crippen LogP contribution in [0.2, 0.25) is 0 Å². The fourth-order valence-corrected chi connectivity index (χ4v) is 2.21. The van der Waals surface area contributed by atoms with Gasteiger partial charge in [-0.2, -0.15) is 0 Å². The summed E-state index contributed by atoms with van der Waals surface area (Å²) in [4.78, 5) is 33.7. The predicted octanol–water partition coefficient (Wildman–Crippen LogP) is 0.493. The molecule has 0 aromatic carbocycles. The van der Waals surface area contributed by atoms with Crippen LogP contribution in [0.3, 0.4) is 0 Å². The van der Waals surface area contributed by atoms with Crippen molar-refractivity contribution in [3.8, 4) is 0 Å². The summed E-state index contributed by atoms with van der Waals surface area (Å²) in [6.45, 7) is 5.52. The summed E-state index contributed by atoms with van der Waals surface area (Å²) >= 11 is 0.844. The van der Waals surface area contributed by atoms with Gasteiger partial charge in [-0.1, -0.05) is 25.3 Å². The minimum absolute atomic E-state index is 0.189. The Labute approximate surface area is 119 Å². The molecule has 0 unspecified atom stereocenters. The minimum atomic E-state index is -1.49. The van der Waals surface area contributed by atoms with E-state index in [0.717, 1.165) is 11.5 Å². The largest absolute Gasteiger partial charge is 0.481 e. The maximum Gasteiger partial charge on any atom is 0.326 e. The number of carbonyl (C=O) groups excluding carboxylic acids is 1. The third-order valence-corrected chi connectivity index (χ3v) is 3.11. The lowest BCUT2D eigenvalue weighted by molar-refractivity contribution is -0.145. The Morgan fingerprint density at radius 2 is 1.90 bits per heavy atom. The molecule has 1 heterocycles. The first-order valence-electron chi connectivity index (χ1n) is 5.71. The highest BCUT2D eigenvalue weighted by atomic mass is 32.1. The van der Waals surface area contributed by atoms with Crippen molar-refractivity contribution >= 4 is 29.4 Å². The summed E-state index contributed by atoms with van der Waals surface area (Å²) in [6, 6.07) is -1.49. The van der Waals surface area contributed by atoms with Crippen LogP contribution in [0, 0.1) is 0 Å². The molecule has 3 N–H and O–H groups in total. The van der Waals surface area contributed by atoms with Crippen molar-refractivity contribution in [3.63, 3.8) is 0 Å². The first kappa shape index (κ1) is 16.0. The molecule has 0 saturated heterocycles. The molecule has 0 aliphatic heterocycles. The number of carboxylic acid groups (broad SMARTS) is 2. The number of amides is 1. The number of hydrogen-bond donors (Lipinski definition) is 3.